The highest BCUT2D eigenvalue weighted by molar-refractivity contribution is 6.06. The van der Waals surface area contributed by atoms with Crippen molar-refractivity contribution >= 4 is 11.7 Å². The Morgan fingerprint density at radius 3 is 2.33 bits per heavy atom. The Bertz CT molecular complexity index is 385. The summed E-state index contributed by atoms with van der Waals surface area (Å²) in [7, 11) is 0. The molecule has 1 unspecified atom stereocenters. The fraction of sp³-hybridized carbons (Fsp3) is 0.875. The van der Waals surface area contributed by atoms with Crippen LogP contribution in [0.15, 0.2) is 5.16 Å². The highest BCUT2D eigenvalue weighted by atomic mass is 16.4. The molecule has 1 amide bonds. The zero-order chi connectivity index (χ0) is 16.1. The lowest BCUT2D eigenvalue weighted by Gasteiger charge is -2.35. The molecule has 1 atom stereocenters. The smallest absolute Gasteiger partial charge is 0.234 e. The van der Waals surface area contributed by atoms with Gasteiger partial charge in [-0.05, 0) is 31.1 Å². The number of carbonyl (C=O) groups is 1. The first-order valence-corrected chi connectivity index (χ1v) is 8.13. The van der Waals surface area contributed by atoms with Crippen LogP contribution in [0.3, 0.4) is 0 Å². The number of hydrogen-bond donors (Lipinski definition) is 3. The monoisotopic (exact) mass is 297 g/mol. The summed E-state index contributed by atoms with van der Waals surface area (Å²) >= 11 is 0. The van der Waals surface area contributed by atoms with E-state index in [1.165, 1.54) is 0 Å². The van der Waals surface area contributed by atoms with E-state index >= 15 is 0 Å². The number of nitrogens with zero attached hydrogens (tertiary/aromatic N) is 1. The Labute approximate surface area is 128 Å². The first-order chi connectivity index (χ1) is 9.84. The predicted molar refractivity (Wildman–Crippen MR) is 85.2 cm³/mol. The normalized spacial score (nSPS) is 22.3. The van der Waals surface area contributed by atoms with Gasteiger partial charge >= 0.3 is 0 Å². The van der Waals surface area contributed by atoms with E-state index in [9.17, 15) is 4.79 Å². The van der Waals surface area contributed by atoms with Crippen LogP contribution in [0.5, 0.6) is 0 Å². The van der Waals surface area contributed by atoms with Crippen LogP contribution >= 0.6 is 0 Å². The number of carbonyl (C=O) groups excluding carboxylic acids is 1. The molecule has 4 N–H and O–H groups in total. The summed E-state index contributed by atoms with van der Waals surface area (Å²) in [5.41, 5.74) is 5.14. The van der Waals surface area contributed by atoms with Gasteiger partial charge in [0.2, 0.25) is 5.91 Å². The van der Waals surface area contributed by atoms with Crippen LogP contribution in [-0.4, -0.2) is 23.0 Å². The molecule has 122 valence electrons. The maximum Gasteiger partial charge on any atom is 0.234 e. The minimum absolute atomic E-state index is 0.0412. The van der Waals surface area contributed by atoms with Crippen molar-refractivity contribution in [2.24, 2.45) is 21.7 Å². The second-order valence-electron chi connectivity index (χ2n) is 6.97. The lowest BCUT2D eigenvalue weighted by Crippen LogP contribution is -2.54. The second-order valence-corrected chi connectivity index (χ2v) is 6.97. The summed E-state index contributed by atoms with van der Waals surface area (Å²) in [5.74, 6) is -0.0408. The third-order valence-electron chi connectivity index (χ3n) is 4.95. The molecule has 1 aliphatic rings. The minimum Gasteiger partial charge on any atom is -0.409 e. The van der Waals surface area contributed by atoms with Gasteiger partial charge in [-0.25, -0.2) is 0 Å². The van der Waals surface area contributed by atoms with Crippen LogP contribution in [0.25, 0.3) is 0 Å². The van der Waals surface area contributed by atoms with E-state index in [1.807, 2.05) is 13.8 Å². The molecule has 21 heavy (non-hydrogen) atoms. The van der Waals surface area contributed by atoms with E-state index in [2.05, 4.69) is 24.3 Å². The predicted octanol–water partition coefficient (Wildman–Crippen LogP) is 3.01. The number of amidine groups is 1. The molecule has 0 aromatic carbocycles. The van der Waals surface area contributed by atoms with Crippen molar-refractivity contribution in [3.8, 4) is 0 Å². The van der Waals surface area contributed by atoms with Crippen molar-refractivity contribution in [1.82, 2.24) is 5.32 Å². The number of hydrogen-bond acceptors (Lipinski definition) is 3. The van der Waals surface area contributed by atoms with Gasteiger partial charge in [-0.3, -0.25) is 4.79 Å². The van der Waals surface area contributed by atoms with E-state index in [4.69, 9.17) is 10.9 Å². The van der Waals surface area contributed by atoms with Gasteiger partial charge in [-0.1, -0.05) is 52.1 Å². The van der Waals surface area contributed by atoms with E-state index in [1.54, 1.807) is 0 Å². The van der Waals surface area contributed by atoms with Crippen molar-refractivity contribution in [2.45, 2.75) is 78.7 Å². The summed E-state index contributed by atoms with van der Waals surface area (Å²) in [4.78, 5) is 12.9. The molecular formula is C16H31N3O2. The maximum atomic E-state index is 12.9. The molecule has 1 fully saturated rings. The van der Waals surface area contributed by atoms with E-state index in [0.29, 0.717) is 12.8 Å². The molecule has 0 spiro atoms. The first-order valence-electron chi connectivity index (χ1n) is 8.13. The molecule has 1 saturated carbocycles. The van der Waals surface area contributed by atoms with Crippen LogP contribution in [0.1, 0.15) is 72.6 Å². The number of nitrogens with one attached hydrogen (secondary N) is 1. The third kappa shape index (κ3) is 3.69. The molecule has 1 rings (SSSR count). The van der Waals surface area contributed by atoms with Gasteiger partial charge in [-0.2, -0.15) is 0 Å². The van der Waals surface area contributed by atoms with E-state index < -0.39 is 5.41 Å². The average Bonchev–Trinajstić information content (AvgIpc) is 2.76. The summed E-state index contributed by atoms with van der Waals surface area (Å²) in [6.07, 6.45) is 6.11. The Balaban J connectivity index is 2.99. The molecule has 5 nitrogen and oxygen atoms in total. The summed E-state index contributed by atoms with van der Waals surface area (Å²) in [5, 5.41) is 15.5. The SMILES string of the molecule is CCCC(CCC)(C(=O)NC1CCCC1(C)C)C(N)=NO. The molecule has 1 aliphatic carbocycles. The topological polar surface area (TPSA) is 87.7 Å². The third-order valence-corrected chi connectivity index (χ3v) is 4.95. The van der Waals surface area contributed by atoms with Gasteiger partial charge in [0.1, 0.15) is 5.41 Å². The van der Waals surface area contributed by atoms with Crippen molar-refractivity contribution in [1.29, 1.82) is 0 Å². The molecule has 0 aromatic heterocycles. The Morgan fingerprint density at radius 1 is 1.38 bits per heavy atom. The second kappa shape index (κ2) is 7.14. The van der Waals surface area contributed by atoms with Crippen LogP contribution < -0.4 is 11.1 Å². The zero-order valence-electron chi connectivity index (χ0n) is 13.9. The summed E-state index contributed by atoms with van der Waals surface area (Å²) in [6.45, 7) is 8.41. The fourth-order valence-corrected chi connectivity index (χ4v) is 3.56. The Kier molecular flexibility index (Phi) is 6.05. The maximum absolute atomic E-state index is 12.9. The number of rotatable bonds is 7. The quantitative estimate of drug-likeness (QED) is 0.292. The molecular weight excluding hydrogens is 266 g/mol. The molecule has 0 saturated heterocycles. The molecule has 0 aliphatic heterocycles. The minimum atomic E-state index is -0.878. The van der Waals surface area contributed by atoms with Crippen molar-refractivity contribution < 1.29 is 10.0 Å². The van der Waals surface area contributed by atoms with Gasteiger partial charge in [0.25, 0.3) is 0 Å². The van der Waals surface area contributed by atoms with E-state index in [0.717, 1.165) is 32.1 Å². The summed E-state index contributed by atoms with van der Waals surface area (Å²) < 4.78 is 0. The van der Waals surface area contributed by atoms with Crippen LogP contribution in [-0.2, 0) is 4.79 Å². The van der Waals surface area contributed by atoms with Crippen LogP contribution in [0.4, 0.5) is 0 Å². The zero-order valence-corrected chi connectivity index (χ0v) is 13.9. The summed E-state index contributed by atoms with van der Waals surface area (Å²) in [6, 6.07) is 0.171. The molecule has 0 heterocycles. The number of amides is 1. The van der Waals surface area contributed by atoms with Crippen molar-refractivity contribution in [2.75, 3.05) is 0 Å². The van der Waals surface area contributed by atoms with Crippen LogP contribution in [0.2, 0.25) is 0 Å². The lowest BCUT2D eigenvalue weighted by molar-refractivity contribution is -0.129. The Morgan fingerprint density at radius 2 is 1.95 bits per heavy atom. The van der Waals surface area contributed by atoms with Gasteiger partial charge in [0.05, 0.1) is 0 Å². The molecule has 0 aromatic rings. The molecule has 0 bridgehead atoms. The average molecular weight is 297 g/mol. The highest BCUT2D eigenvalue weighted by Crippen LogP contribution is 2.39. The van der Waals surface area contributed by atoms with Gasteiger partial charge in [0, 0.05) is 6.04 Å². The van der Waals surface area contributed by atoms with Gasteiger partial charge in [-0.15, -0.1) is 0 Å². The molecule has 0 radical (unpaired) electrons. The molecule has 5 heteroatoms. The number of oxime groups is 1. The standard InChI is InChI=1S/C16H31N3O2/c1-5-9-16(10-6-2,13(17)19-21)14(20)18-12-8-7-11-15(12,3)4/h12,21H,5-11H2,1-4H3,(H2,17,19)(H,18,20). The van der Waals surface area contributed by atoms with Crippen molar-refractivity contribution in [3.63, 3.8) is 0 Å². The van der Waals surface area contributed by atoms with E-state index in [-0.39, 0.29) is 23.2 Å². The highest BCUT2D eigenvalue weighted by Gasteiger charge is 2.44. The van der Waals surface area contributed by atoms with Gasteiger partial charge < -0.3 is 16.3 Å². The lowest BCUT2D eigenvalue weighted by atomic mass is 9.76. The Hall–Kier alpha value is -1.26. The fourth-order valence-electron chi connectivity index (χ4n) is 3.56. The van der Waals surface area contributed by atoms with Crippen molar-refractivity contribution in [3.05, 3.63) is 0 Å². The van der Waals surface area contributed by atoms with Crippen LogP contribution in [0, 0.1) is 10.8 Å². The number of nitrogens with two attached hydrogens (primary N) is 1. The first kappa shape index (κ1) is 17.8. The largest absolute Gasteiger partial charge is 0.409 e. The van der Waals surface area contributed by atoms with Gasteiger partial charge in [0.15, 0.2) is 5.84 Å².